The van der Waals surface area contributed by atoms with Gasteiger partial charge in [-0.3, -0.25) is 9.59 Å². The van der Waals surface area contributed by atoms with Crippen molar-refractivity contribution in [3.8, 4) is 0 Å². The molecule has 7 nitrogen and oxygen atoms in total. The van der Waals surface area contributed by atoms with Gasteiger partial charge in [-0.05, 0) is 51.0 Å². The van der Waals surface area contributed by atoms with Crippen LogP contribution in [0.4, 0.5) is 0 Å². The molecular weight excluding hydrogens is 342 g/mol. The first-order valence-corrected chi connectivity index (χ1v) is 10.1. The molecule has 1 saturated heterocycles. The van der Waals surface area contributed by atoms with E-state index in [-0.39, 0.29) is 10.5 Å². The van der Waals surface area contributed by atoms with Crippen LogP contribution in [0.2, 0.25) is 0 Å². The molecule has 2 aliphatic rings. The van der Waals surface area contributed by atoms with Crippen molar-refractivity contribution in [2.75, 3.05) is 32.7 Å². The van der Waals surface area contributed by atoms with Crippen LogP contribution in [0.15, 0.2) is 29.2 Å². The van der Waals surface area contributed by atoms with Crippen LogP contribution in [0, 0.1) is 0 Å². The highest BCUT2D eigenvalue weighted by Gasteiger charge is 2.41. The largest absolute Gasteiger partial charge is 0.354 e. The second-order valence-corrected chi connectivity index (χ2v) is 8.25. The molecule has 1 aromatic carbocycles. The van der Waals surface area contributed by atoms with Gasteiger partial charge in [-0.2, -0.15) is 0 Å². The van der Waals surface area contributed by atoms with Gasteiger partial charge in [0, 0.05) is 6.54 Å². The molecule has 0 atom stereocenters. The number of fused-ring (bicyclic) bond motifs is 1. The molecule has 0 spiro atoms. The van der Waals surface area contributed by atoms with E-state index in [4.69, 9.17) is 0 Å². The maximum atomic E-state index is 12.4. The van der Waals surface area contributed by atoms with Crippen LogP contribution in [0.25, 0.3) is 0 Å². The minimum Gasteiger partial charge on any atom is -0.354 e. The predicted molar refractivity (Wildman–Crippen MR) is 92.6 cm³/mol. The number of hydrogen-bond donors (Lipinski definition) is 1. The Morgan fingerprint density at radius 1 is 1.12 bits per heavy atom. The lowest BCUT2D eigenvalue weighted by atomic mass is 10.1. The van der Waals surface area contributed by atoms with Crippen LogP contribution < -0.4 is 5.32 Å². The number of nitrogens with zero attached hydrogens (tertiary/aromatic N) is 2. The molecule has 0 aromatic heterocycles. The molecule has 3 rings (SSSR count). The molecule has 2 aliphatic heterocycles. The third-order valence-corrected chi connectivity index (χ3v) is 6.41. The van der Waals surface area contributed by atoms with Crippen molar-refractivity contribution < 1.29 is 18.0 Å². The second kappa shape index (κ2) is 7.53. The summed E-state index contributed by atoms with van der Waals surface area (Å²) in [5.41, 5.74) is 0.125. The van der Waals surface area contributed by atoms with Gasteiger partial charge in [0.05, 0.1) is 5.56 Å². The number of likely N-dealkylation sites (tertiary alicyclic amines) is 1. The van der Waals surface area contributed by atoms with Gasteiger partial charge < -0.3 is 10.2 Å². The summed E-state index contributed by atoms with van der Waals surface area (Å²) >= 11 is 0. The van der Waals surface area contributed by atoms with E-state index >= 15 is 0 Å². The average molecular weight is 365 g/mol. The second-order valence-electron chi connectivity index (χ2n) is 6.42. The van der Waals surface area contributed by atoms with Crippen LogP contribution in [0.1, 0.15) is 36.0 Å². The van der Waals surface area contributed by atoms with Crippen molar-refractivity contribution >= 4 is 21.8 Å². The van der Waals surface area contributed by atoms with E-state index in [0.29, 0.717) is 10.8 Å². The first-order chi connectivity index (χ1) is 12.0. The van der Waals surface area contributed by atoms with E-state index in [0.717, 1.165) is 26.1 Å². The normalized spacial score (nSPS) is 19.7. The lowest BCUT2D eigenvalue weighted by Crippen LogP contribution is -2.41. The van der Waals surface area contributed by atoms with Crippen molar-refractivity contribution in [2.24, 2.45) is 0 Å². The lowest BCUT2D eigenvalue weighted by Gasteiger charge is -2.26. The molecule has 0 radical (unpaired) electrons. The predicted octanol–water partition coefficient (Wildman–Crippen LogP) is 0.823. The molecule has 1 aromatic rings. The molecule has 0 unspecified atom stereocenters. The highest BCUT2D eigenvalue weighted by atomic mass is 32.2. The maximum absolute atomic E-state index is 12.4. The number of hydrogen-bond acceptors (Lipinski definition) is 5. The third kappa shape index (κ3) is 3.85. The number of carbonyl (C=O) groups excluding carboxylic acids is 2. The van der Waals surface area contributed by atoms with E-state index < -0.39 is 28.4 Å². The fourth-order valence-electron chi connectivity index (χ4n) is 3.29. The average Bonchev–Trinajstić information content (AvgIpc) is 2.81. The van der Waals surface area contributed by atoms with Crippen molar-refractivity contribution in [3.05, 3.63) is 29.8 Å². The summed E-state index contributed by atoms with van der Waals surface area (Å²) in [6.07, 6.45) is 4.55. The SMILES string of the molecule is O=C(CN1C(=O)c2ccccc2S1(=O)=O)NCCCN1CCCCC1. The number of amides is 2. The van der Waals surface area contributed by atoms with Gasteiger partial charge in [0.25, 0.3) is 15.9 Å². The summed E-state index contributed by atoms with van der Waals surface area (Å²) in [6.45, 7) is 3.13. The zero-order valence-electron chi connectivity index (χ0n) is 14.1. The van der Waals surface area contributed by atoms with Gasteiger partial charge in [0.15, 0.2) is 0 Å². The van der Waals surface area contributed by atoms with Gasteiger partial charge in [-0.25, -0.2) is 12.7 Å². The van der Waals surface area contributed by atoms with E-state index in [1.54, 1.807) is 12.1 Å². The number of rotatable bonds is 6. The van der Waals surface area contributed by atoms with Crippen molar-refractivity contribution in [1.29, 1.82) is 0 Å². The summed E-state index contributed by atoms with van der Waals surface area (Å²) in [6, 6.07) is 6.02. The number of benzene rings is 1. The Labute approximate surface area is 148 Å². The Bertz CT molecular complexity index is 757. The van der Waals surface area contributed by atoms with E-state index in [1.165, 1.54) is 31.4 Å². The van der Waals surface area contributed by atoms with E-state index in [2.05, 4.69) is 10.2 Å². The fourth-order valence-corrected chi connectivity index (χ4v) is 4.81. The Morgan fingerprint density at radius 3 is 2.56 bits per heavy atom. The highest BCUT2D eigenvalue weighted by Crippen LogP contribution is 2.29. The van der Waals surface area contributed by atoms with Crippen molar-refractivity contribution in [1.82, 2.24) is 14.5 Å². The van der Waals surface area contributed by atoms with E-state index in [9.17, 15) is 18.0 Å². The van der Waals surface area contributed by atoms with Crippen LogP contribution in [-0.4, -0.2) is 62.2 Å². The Morgan fingerprint density at radius 2 is 1.84 bits per heavy atom. The Hall–Kier alpha value is -1.93. The molecule has 2 amide bonds. The van der Waals surface area contributed by atoms with Gasteiger partial charge in [0.2, 0.25) is 5.91 Å². The number of carbonyl (C=O) groups is 2. The zero-order chi connectivity index (χ0) is 17.9. The van der Waals surface area contributed by atoms with Crippen LogP contribution in [0.5, 0.6) is 0 Å². The van der Waals surface area contributed by atoms with Crippen LogP contribution in [-0.2, 0) is 14.8 Å². The molecule has 0 aliphatic carbocycles. The monoisotopic (exact) mass is 365 g/mol. The number of sulfonamides is 1. The van der Waals surface area contributed by atoms with Gasteiger partial charge in [-0.1, -0.05) is 18.6 Å². The first kappa shape index (κ1) is 17.9. The molecule has 136 valence electrons. The molecule has 0 saturated carbocycles. The molecule has 1 fully saturated rings. The van der Waals surface area contributed by atoms with Gasteiger partial charge in [-0.15, -0.1) is 0 Å². The summed E-state index contributed by atoms with van der Waals surface area (Å²) in [7, 11) is -3.92. The van der Waals surface area contributed by atoms with Gasteiger partial charge in [0.1, 0.15) is 11.4 Å². The zero-order valence-corrected chi connectivity index (χ0v) is 14.9. The van der Waals surface area contributed by atoms with Crippen molar-refractivity contribution in [2.45, 2.75) is 30.6 Å². The molecule has 8 heteroatoms. The minimum absolute atomic E-state index is 0.0297. The molecule has 2 heterocycles. The molecule has 25 heavy (non-hydrogen) atoms. The summed E-state index contributed by atoms with van der Waals surface area (Å²) < 4.78 is 25.4. The highest BCUT2D eigenvalue weighted by molar-refractivity contribution is 7.90. The van der Waals surface area contributed by atoms with Gasteiger partial charge >= 0.3 is 0 Å². The lowest BCUT2D eigenvalue weighted by molar-refractivity contribution is -0.121. The smallest absolute Gasteiger partial charge is 0.269 e. The summed E-state index contributed by atoms with van der Waals surface area (Å²) in [4.78, 5) is 26.6. The maximum Gasteiger partial charge on any atom is 0.269 e. The molecule has 0 bridgehead atoms. The molecular formula is C17H23N3O4S. The number of nitrogens with one attached hydrogen (secondary N) is 1. The van der Waals surface area contributed by atoms with E-state index in [1.807, 2.05) is 0 Å². The molecule has 1 N–H and O–H groups in total. The topological polar surface area (TPSA) is 86.8 Å². The number of piperidine rings is 1. The minimum atomic E-state index is -3.92. The first-order valence-electron chi connectivity index (χ1n) is 8.65. The summed E-state index contributed by atoms with van der Waals surface area (Å²) in [5, 5.41) is 2.71. The van der Waals surface area contributed by atoms with Crippen LogP contribution >= 0.6 is 0 Å². The third-order valence-electron chi connectivity index (χ3n) is 4.62. The Kier molecular flexibility index (Phi) is 5.39. The summed E-state index contributed by atoms with van der Waals surface area (Å²) in [5.74, 6) is -1.09. The standard InChI is InChI=1S/C17H23N3O4S/c21-16(18-9-6-12-19-10-4-1-5-11-19)13-20-17(22)14-7-2-3-8-15(14)25(20,23)24/h2-3,7-8H,1,4-6,9-13H2,(H,18,21). The fraction of sp³-hybridized carbons (Fsp3) is 0.529. The quantitative estimate of drug-likeness (QED) is 0.755. The Balaban J connectivity index is 1.49. The van der Waals surface area contributed by atoms with Crippen LogP contribution in [0.3, 0.4) is 0 Å². The van der Waals surface area contributed by atoms with Crippen molar-refractivity contribution in [3.63, 3.8) is 0 Å².